The van der Waals surface area contributed by atoms with Crippen LogP contribution in [0.15, 0.2) is 52.9 Å². The lowest BCUT2D eigenvalue weighted by atomic mass is 10.1. The highest BCUT2D eigenvalue weighted by atomic mass is 16.3. The van der Waals surface area contributed by atoms with E-state index >= 15 is 0 Å². The molecule has 0 saturated heterocycles. The first-order chi connectivity index (χ1) is 13.2. The summed E-state index contributed by atoms with van der Waals surface area (Å²) in [5, 5.41) is 1.09. The van der Waals surface area contributed by atoms with Gasteiger partial charge in [-0.3, -0.25) is 4.79 Å². The molecule has 2 aromatic heterocycles. The molecule has 4 aromatic rings. The zero-order valence-corrected chi connectivity index (χ0v) is 15.7. The number of aryl methyl sites for hydroxylation is 2. The molecule has 0 aliphatic heterocycles. The van der Waals surface area contributed by atoms with Crippen molar-refractivity contribution in [2.24, 2.45) is 0 Å². The minimum absolute atomic E-state index is 0.0998. The van der Waals surface area contributed by atoms with Crippen LogP contribution >= 0.6 is 0 Å². The normalized spacial score (nSPS) is 11.3. The van der Waals surface area contributed by atoms with Gasteiger partial charge in [-0.25, -0.2) is 4.98 Å². The number of carbonyl (C=O) groups excluding carboxylic acids is 1. The summed E-state index contributed by atoms with van der Waals surface area (Å²) in [6, 6.07) is 15.9. The van der Waals surface area contributed by atoms with Crippen LogP contribution in [0.5, 0.6) is 0 Å². The Labute approximate surface area is 158 Å². The molecular formula is C22H23N3O2. The fraction of sp³-hybridized carbons (Fsp3) is 0.273. The van der Waals surface area contributed by atoms with Crippen LogP contribution in [0, 0.1) is 0 Å². The molecule has 2 aromatic carbocycles. The maximum absolute atomic E-state index is 12.6. The van der Waals surface area contributed by atoms with E-state index in [1.54, 1.807) is 4.90 Å². The monoisotopic (exact) mass is 361 g/mol. The Kier molecular flexibility index (Phi) is 4.67. The molecule has 2 heterocycles. The number of aromatic amines is 1. The Morgan fingerprint density at radius 1 is 1.15 bits per heavy atom. The maximum atomic E-state index is 12.6. The van der Waals surface area contributed by atoms with Crippen LogP contribution in [0.1, 0.15) is 30.5 Å². The summed E-state index contributed by atoms with van der Waals surface area (Å²) >= 11 is 0. The molecule has 0 spiro atoms. The Hall–Kier alpha value is -3.08. The van der Waals surface area contributed by atoms with Crippen molar-refractivity contribution in [1.29, 1.82) is 0 Å². The summed E-state index contributed by atoms with van der Waals surface area (Å²) in [6.07, 6.45) is 1.84. The number of imidazole rings is 1. The number of H-pyrrole nitrogens is 1. The van der Waals surface area contributed by atoms with Gasteiger partial charge in [0, 0.05) is 43.8 Å². The van der Waals surface area contributed by atoms with Crippen LogP contribution in [0.2, 0.25) is 0 Å². The molecule has 0 radical (unpaired) electrons. The van der Waals surface area contributed by atoms with Crippen LogP contribution in [-0.2, 0) is 24.2 Å². The fourth-order valence-electron chi connectivity index (χ4n) is 3.47. The number of fused-ring (bicyclic) bond motifs is 2. The second-order valence-corrected chi connectivity index (χ2v) is 6.80. The van der Waals surface area contributed by atoms with Gasteiger partial charge in [-0.2, -0.15) is 0 Å². The third-order valence-electron chi connectivity index (χ3n) is 4.94. The first-order valence-electron chi connectivity index (χ1n) is 9.32. The van der Waals surface area contributed by atoms with E-state index in [2.05, 4.69) is 23.0 Å². The molecule has 4 rings (SSSR count). The highest BCUT2D eigenvalue weighted by Gasteiger charge is 2.17. The van der Waals surface area contributed by atoms with Crippen LogP contribution in [0.3, 0.4) is 0 Å². The third-order valence-corrected chi connectivity index (χ3v) is 4.94. The molecule has 27 heavy (non-hydrogen) atoms. The molecule has 5 nitrogen and oxygen atoms in total. The summed E-state index contributed by atoms with van der Waals surface area (Å²) in [4.78, 5) is 22.3. The van der Waals surface area contributed by atoms with Crippen molar-refractivity contribution >= 4 is 27.9 Å². The minimum Gasteiger partial charge on any atom is -0.461 e. The van der Waals surface area contributed by atoms with Crippen molar-refractivity contribution in [3.05, 3.63) is 65.7 Å². The zero-order chi connectivity index (χ0) is 18.8. The maximum Gasteiger partial charge on any atom is 0.223 e. The number of nitrogens with one attached hydrogen (secondary N) is 1. The van der Waals surface area contributed by atoms with Gasteiger partial charge in [-0.1, -0.05) is 37.3 Å². The zero-order valence-electron chi connectivity index (χ0n) is 15.7. The number of nitrogens with zero attached hydrogens (tertiary/aromatic N) is 2. The Morgan fingerprint density at radius 3 is 2.74 bits per heavy atom. The van der Waals surface area contributed by atoms with Crippen molar-refractivity contribution in [3.8, 4) is 0 Å². The van der Waals surface area contributed by atoms with E-state index in [1.165, 1.54) is 0 Å². The molecule has 0 aliphatic carbocycles. The van der Waals surface area contributed by atoms with Gasteiger partial charge in [0.15, 0.2) is 0 Å². The summed E-state index contributed by atoms with van der Waals surface area (Å²) in [5.74, 6) is 1.90. The predicted molar refractivity (Wildman–Crippen MR) is 106 cm³/mol. The molecular weight excluding hydrogens is 338 g/mol. The smallest absolute Gasteiger partial charge is 0.223 e. The van der Waals surface area contributed by atoms with E-state index in [9.17, 15) is 4.79 Å². The Bertz CT molecular complexity index is 1060. The summed E-state index contributed by atoms with van der Waals surface area (Å²) < 4.78 is 5.94. The lowest BCUT2D eigenvalue weighted by Crippen LogP contribution is -2.26. The molecule has 0 atom stereocenters. The third kappa shape index (κ3) is 3.45. The highest BCUT2D eigenvalue weighted by Crippen LogP contribution is 2.27. The van der Waals surface area contributed by atoms with Crippen molar-refractivity contribution in [2.75, 3.05) is 7.05 Å². The van der Waals surface area contributed by atoms with Gasteiger partial charge in [0.05, 0.1) is 11.0 Å². The average molecular weight is 361 g/mol. The predicted octanol–water partition coefficient (Wildman–Crippen LogP) is 4.46. The van der Waals surface area contributed by atoms with Crippen LogP contribution in [0.25, 0.3) is 22.0 Å². The minimum atomic E-state index is 0.0998. The first kappa shape index (κ1) is 17.3. The van der Waals surface area contributed by atoms with Crippen molar-refractivity contribution < 1.29 is 9.21 Å². The second-order valence-electron chi connectivity index (χ2n) is 6.80. The standard InChI is InChI=1S/C22H23N3O2/c1-3-19-16(15-8-4-7-11-20(15)27-19)14-25(2)22(26)13-12-21-23-17-9-5-6-10-18(17)24-21/h4-11H,3,12-14H2,1-2H3,(H,23,24). The van der Waals surface area contributed by atoms with E-state index in [4.69, 9.17) is 4.42 Å². The van der Waals surface area contributed by atoms with Gasteiger partial charge < -0.3 is 14.3 Å². The second kappa shape index (κ2) is 7.27. The van der Waals surface area contributed by atoms with Crippen molar-refractivity contribution in [3.63, 3.8) is 0 Å². The van der Waals surface area contributed by atoms with Gasteiger partial charge in [0.1, 0.15) is 17.2 Å². The number of amides is 1. The van der Waals surface area contributed by atoms with Crippen molar-refractivity contribution in [2.45, 2.75) is 32.7 Å². The SMILES string of the molecule is CCc1oc2ccccc2c1CN(C)C(=O)CCc1nc2ccccc2[nH]1. The number of aromatic nitrogens is 2. The number of benzene rings is 2. The molecule has 0 bridgehead atoms. The van der Waals surface area contributed by atoms with Crippen LogP contribution in [-0.4, -0.2) is 27.8 Å². The molecule has 0 unspecified atom stereocenters. The molecule has 0 saturated carbocycles. The lowest BCUT2D eigenvalue weighted by molar-refractivity contribution is -0.130. The lowest BCUT2D eigenvalue weighted by Gasteiger charge is -2.17. The number of furan rings is 1. The van der Waals surface area contributed by atoms with E-state index in [-0.39, 0.29) is 5.91 Å². The molecule has 1 amide bonds. The number of rotatable bonds is 6. The average Bonchev–Trinajstić information content (AvgIpc) is 3.27. The van der Waals surface area contributed by atoms with E-state index < -0.39 is 0 Å². The number of carbonyl (C=O) groups is 1. The van der Waals surface area contributed by atoms with Crippen LogP contribution in [0.4, 0.5) is 0 Å². The van der Waals surface area contributed by atoms with Crippen LogP contribution < -0.4 is 0 Å². The van der Waals surface area contributed by atoms with Crippen molar-refractivity contribution in [1.82, 2.24) is 14.9 Å². The largest absolute Gasteiger partial charge is 0.461 e. The summed E-state index contributed by atoms with van der Waals surface area (Å²) in [5.41, 5.74) is 3.93. The first-order valence-corrected chi connectivity index (χ1v) is 9.32. The Balaban J connectivity index is 1.45. The topological polar surface area (TPSA) is 62.1 Å². The van der Waals surface area contributed by atoms with Gasteiger partial charge >= 0.3 is 0 Å². The quantitative estimate of drug-likeness (QED) is 0.551. The van der Waals surface area contributed by atoms with Gasteiger partial charge in [0.2, 0.25) is 5.91 Å². The van der Waals surface area contributed by atoms with E-state index in [1.807, 2.05) is 49.5 Å². The van der Waals surface area contributed by atoms with Gasteiger partial charge in [-0.15, -0.1) is 0 Å². The molecule has 1 N–H and O–H groups in total. The number of hydrogen-bond donors (Lipinski definition) is 1. The summed E-state index contributed by atoms with van der Waals surface area (Å²) in [7, 11) is 1.85. The van der Waals surface area contributed by atoms with Gasteiger partial charge in [-0.05, 0) is 18.2 Å². The summed E-state index contributed by atoms with van der Waals surface area (Å²) in [6.45, 7) is 2.63. The van der Waals surface area contributed by atoms with E-state index in [0.717, 1.165) is 45.6 Å². The number of hydrogen-bond acceptors (Lipinski definition) is 3. The number of para-hydroxylation sites is 3. The fourth-order valence-corrected chi connectivity index (χ4v) is 3.47. The molecule has 0 fully saturated rings. The molecule has 5 heteroatoms. The Morgan fingerprint density at radius 2 is 1.93 bits per heavy atom. The molecule has 138 valence electrons. The molecule has 0 aliphatic rings. The highest BCUT2D eigenvalue weighted by molar-refractivity contribution is 5.83. The van der Waals surface area contributed by atoms with E-state index in [0.29, 0.717) is 19.4 Å². The van der Waals surface area contributed by atoms with Gasteiger partial charge in [0.25, 0.3) is 0 Å².